The van der Waals surface area contributed by atoms with Crippen molar-refractivity contribution in [3.8, 4) is 0 Å². The molecule has 0 aliphatic rings. The maximum atomic E-state index is 13.5. The van der Waals surface area contributed by atoms with Crippen LogP contribution in [0.1, 0.15) is 5.69 Å². The summed E-state index contributed by atoms with van der Waals surface area (Å²) in [5.74, 6) is -0.997. The van der Waals surface area contributed by atoms with E-state index in [1.807, 2.05) is 0 Å². The number of nitrogens with zero attached hydrogens (tertiary/aromatic N) is 3. The number of amides is 1. The highest BCUT2D eigenvalue weighted by atomic mass is 35.5. The van der Waals surface area contributed by atoms with Gasteiger partial charge in [0.2, 0.25) is 5.91 Å². The van der Waals surface area contributed by atoms with Gasteiger partial charge >= 0.3 is 0 Å². The van der Waals surface area contributed by atoms with Gasteiger partial charge in [-0.2, -0.15) is 0 Å². The number of carbonyl (C=O) groups excluding carboxylic acids is 1. The third kappa shape index (κ3) is 3.75. The molecule has 0 bridgehead atoms. The smallest absolute Gasteiger partial charge is 0.246 e. The van der Waals surface area contributed by atoms with Crippen molar-refractivity contribution >= 4 is 23.2 Å². The van der Waals surface area contributed by atoms with Crippen LogP contribution in [0.25, 0.3) is 0 Å². The molecule has 8 heteroatoms. The normalized spacial score (nSPS) is 10.6. The second-order valence-electron chi connectivity index (χ2n) is 4.12. The molecule has 1 aromatic carbocycles. The van der Waals surface area contributed by atoms with Crippen LogP contribution in [-0.2, 0) is 17.8 Å². The lowest BCUT2D eigenvalue weighted by molar-refractivity contribution is -0.116. The SMILES string of the molecule is NCCc1cn(CC(=O)Nc2ccc(Cl)cc2F)nn1. The molecular formula is C12H13ClFN5O. The van der Waals surface area contributed by atoms with E-state index in [4.69, 9.17) is 17.3 Å². The lowest BCUT2D eigenvalue weighted by atomic mass is 10.3. The molecule has 0 radical (unpaired) electrons. The Hall–Kier alpha value is -1.99. The molecule has 0 aliphatic carbocycles. The van der Waals surface area contributed by atoms with E-state index < -0.39 is 11.7 Å². The van der Waals surface area contributed by atoms with Gasteiger partial charge in [-0.1, -0.05) is 16.8 Å². The highest BCUT2D eigenvalue weighted by molar-refractivity contribution is 6.30. The van der Waals surface area contributed by atoms with Crippen LogP contribution >= 0.6 is 11.6 Å². The zero-order chi connectivity index (χ0) is 14.5. The fourth-order valence-corrected chi connectivity index (χ4v) is 1.76. The molecule has 1 heterocycles. The second kappa shape index (κ2) is 6.44. The fraction of sp³-hybridized carbons (Fsp3) is 0.250. The molecule has 1 amide bonds. The first-order valence-corrected chi connectivity index (χ1v) is 6.30. The van der Waals surface area contributed by atoms with Crippen LogP contribution in [0.3, 0.4) is 0 Å². The van der Waals surface area contributed by atoms with Gasteiger partial charge in [-0.3, -0.25) is 4.79 Å². The minimum atomic E-state index is -0.590. The highest BCUT2D eigenvalue weighted by Crippen LogP contribution is 2.18. The van der Waals surface area contributed by atoms with Crippen LogP contribution in [0, 0.1) is 5.82 Å². The minimum absolute atomic E-state index is 0.0559. The number of carbonyl (C=O) groups is 1. The number of aromatic nitrogens is 3. The molecule has 0 saturated carbocycles. The molecule has 2 rings (SSSR count). The first-order valence-electron chi connectivity index (χ1n) is 5.92. The van der Waals surface area contributed by atoms with E-state index in [9.17, 15) is 9.18 Å². The second-order valence-corrected chi connectivity index (χ2v) is 4.55. The van der Waals surface area contributed by atoms with Crippen molar-refractivity contribution in [3.63, 3.8) is 0 Å². The Bertz CT molecular complexity index is 616. The lowest BCUT2D eigenvalue weighted by Gasteiger charge is -2.06. The zero-order valence-corrected chi connectivity index (χ0v) is 11.3. The van der Waals surface area contributed by atoms with Gasteiger partial charge in [0.1, 0.15) is 12.4 Å². The molecule has 2 aromatic rings. The molecule has 20 heavy (non-hydrogen) atoms. The zero-order valence-electron chi connectivity index (χ0n) is 10.5. The molecule has 1 aromatic heterocycles. The minimum Gasteiger partial charge on any atom is -0.330 e. The number of hydrogen-bond acceptors (Lipinski definition) is 4. The van der Waals surface area contributed by atoms with E-state index in [-0.39, 0.29) is 17.3 Å². The Kier molecular flexibility index (Phi) is 4.65. The van der Waals surface area contributed by atoms with Gasteiger partial charge in [-0.25, -0.2) is 9.07 Å². The standard InChI is InChI=1S/C12H13ClFN5O/c13-8-1-2-11(10(14)5-8)16-12(20)7-19-6-9(3-4-15)17-18-19/h1-2,5-6H,3-4,7,15H2,(H,16,20). The maximum Gasteiger partial charge on any atom is 0.246 e. The fourth-order valence-electron chi connectivity index (χ4n) is 1.61. The monoisotopic (exact) mass is 297 g/mol. The van der Waals surface area contributed by atoms with Crippen LogP contribution < -0.4 is 11.1 Å². The van der Waals surface area contributed by atoms with Crippen LogP contribution in [0.2, 0.25) is 5.02 Å². The van der Waals surface area contributed by atoms with Crippen molar-refractivity contribution in [1.29, 1.82) is 0 Å². The summed E-state index contributed by atoms with van der Waals surface area (Å²) in [4.78, 5) is 11.8. The molecule has 0 atom stereocenters. The van der Waals surface area contributed by atoms with E-state index in [1.165, 1.54) is 16.8 Å². The van der Waals surface area contributed by atoms with E-state index in [2.05, 4.69) is 15.6 Å². The average Bonchev–Trinajstić information content (AvgIpc) is 2.81. The largest absolute Gasteiger partial charge is 0.330 e. The Labute approximate surface area is 119 Å². The number of nitrogens with one attached hydrogen (secondary N) is 1. The van der Waals surface area contributed by atoms with Gasteiger partial charge < -0.3 is 11.1 Å². The molecule has 106 valence electrons. The topological polar surface area (TPSA) is 85.8 Å². The predicted octanol–water partition coefficient (Wildman–Crippen LogP) is 1.21. The molecule has 0 aliphatic heterocycles. The number of hydrogen-bond donors (Lipinski definition) is 2. The molecule has 6 nitrogen and oxygen atoms in total. The number of nitrogens with two attached hydrogens (primary N) is 1. The first-order chi connectivity index (χ1) is 9.58. The van der Waals surface area contributed by atoms with Crippen LogP contribution in [0.15, 0.2) is 24.4 Å². The van der Waals surface area contributed by atoms with Crippen LogP contribution in [0.4, 0.5) is 10.1 Å². The van der Waals surface area contributed by atoms with Gasteiger partial charge in [-0.15, -0.1) is 5.10 Å². The predicted molar refractivity (Wildman–Crippen MR) is 72.8 cm³/mol. The van der Waals surface area contributed by atoms with Crippen molar-refractivity contribution in [1.82, 2.24) is 15.0 Å². The van der Waals surface area contributed by atoms with E-state index >= 15 is 0 Å². The van der Waals surface area contributed by atoms with Gasteiger partial charge in [0, 0.05) is 17.6 Å². The van der Waals surface area contributed by atoms with Crippen molar-refractivity contribution in [2.45, 2.75) is 13.0 Å². The summed E-state index contributed by atoms with van der Waals surface area (Å²) >= 11 is 5.63. The quantitative estimate of drug-likeness (QED) is 0.868. The van der Waals surface area contributed by atoms with E-state index in [0.29, 0.717) is 18.7 Å². The molecule has 0 spiro atoms. The number of halogens is 2. The highest BCUT2D eigenvalue weighted by Gasteiger charge is 2.09. The summed E-state index contributed by atoms with van der Waals surface area (Å²) in [6.45, 7) is 0.403. The number of benzene rings is 1. The van der Waals surface area contributed by atoms with Crippen molar-refractivity contribution in [2.24, 2.45) is 5.73 Å². The Morgan fingerprint density at radius 1 is 1.50 bits per heavy atom. The summed E-state index contributed by atoms with van der Waals surface area (Å²) in [5.41, 5.74) is 6.17. The Morgan fingerprint density at radius 2 is 2.30 bits per heavy atom. The Balaban J connectivity index is 1.97. The average molecular weight is 298 g/mol. The van der Waals surface area contributed by atoms with E-state index in [1.54, 1.807) is 6.20 Å². The van der Waals surface area contributed by atoms with Crippen LogP contribution in [-0.4, -0.2) is 27.4 Å². The third-order valence-electron chi connectivity index (χ3n) is 2.50. The summed E-state index contributed by atoms with van der Waals surface area (Å²) < 4.78 is 14.9. The molecule has 0 saturated heterocycles. The van der Waals surface area contributed by atoms with Gasteiger partial charge in [0.25, 0.3) is 0 Å². The summed E-state index contributed by atoms with van der Waals surface area (Å²) in [7, 11) is 0. The third-order valence-corrected chi connectivity index (χ3v) is 2.73. The molecule has 3 N–H and O–H groups in total. The first kappa shape index (κ1) is 14.4. The number of anilines is 1. The van der Waals surface area contributed by atoms with Gasteiger partial charge in [0.05, 0.1) is 11.4 Å². The summed E-state index contributed by atoms with van der Waals surface area (Å²) in [5, 5.41) is 10.4. The van der Waals surface area contributed by atoms with Gasteiger partial charge in [0.15, 0.2) is 0 Å². The molecule has 0 fully saturated rings. The van der Waals surface area contributed by atoms with Crippen LogP contribution in [0.5, 0.6) is 0 Å². The van der Waals surface area contributed by atoms with Crippen molar-refractivity contribution in [2.75, 3.05) is 11.9 Å². The van der Waals surface area contributed by atoms with Crippen molar-refractivity contribution < 1.29 is 9.18 Å². The van der Waals surface area contributed by atoms with Crippen molar-refractivity contribution in [3.05, 3.63) is 40.9 Å². The number of rotatable bonds is 5. The summed E-state index contributed by atoms with van der Waals surface area (Å²) in [6.07, 6.45) is 2.22. The Morgan fingerprint density at radius 3 is 3.00 bits per heavy atom. The lowest BCUT2D eigenvalue weighted by Crippen LogP contribution is -2.19. The molecule has 0 unspecified atom stereocenters. The maximum absolute atomic E-state index is 13.5. The molecular weight excluding hydrogens is 285 g/mol. The van der Waals surface area contributed by atoms with Gasteiger partial charge in [-0.05, 0) is 24.7 Å². The summed E-state index contributed by atoms with van der Waals surface area (Å²) in [6, 6.07) is 4.03. The van der Waals surface area contributed by atoms with E-state index in [0.717, 1.165) is 6.07 Å².